The molecule has 140 valence electrons. The first-order valence-corrected chi connectivity index (χ1v) is 8.69. The highest BCUT2D eigenvalue weighted by atomic mass is 16.2. The Hall–Kier alpha value is -4.01. The van der Waals surface area contributed by atoms with Gasteiger partial charge in [0, 0.05) is 30.6 Å². The molecule has 3 heterocycles. The van der Waals surface area contributed by atoms with Gasteiger partial charge in [-0.2, -0.15) is 10.2 Å². The lowest BCUT2D eigenvalue weighted by Gasteiger charge is -2.09. The fourth-order valence-electron chi connectivity index (χ4n) is 2.72. The van der Waals surface area contributed by atoms with E-state index in [4.69, 9.17) is 0 Å². The number of hydrogen-bond donors (Lipinski definition) is 2. The molecule has 0 radical (unpaired) electrons. The van der Waals surface area contributed by atoms with Crippen molar-refractivity contribution in [2.45, 2.75) is 13.1 Å². The fourth-order valence-corrected chi connectivity index (χ4v) is 2.72. The van der Waals surface area contributed by atoms with Crippen molar-refractivity contribution in [3.63, 3.8) is 0 Å². The number of benzene rings is 1. The summed E-state index contributed by atoms with van der Waals surface area (Å²) in [5, 5.41) is 14.0. The SMILES string of the molecule is O=C(NCc1cccnc1-n1cncn1)Nc1ccn(Cc2ccccc2)n1. The molecule has 0 saturated heterocycles. The molecule has 2 N–H and O–H groups in total. The zero-order valence-electron chi connectivity index (χ0n) is 14.9. The van der Waals surface area contributed by atoms with Gasteiger partial charge in [-0.25, -0.2) is 19.4 Å². The number of anilines is 1. The molecule has 0 saturated carbocycles. The van der Waals surface area contributed by atoms with Crippen molar-refractivity contribution in [3.05, 3.63) is 84.7 Å². The van der Waals surface area contributed by atoms with Gasteiger partial charge < -0.3 is 5.32 Å². The highest BCUT2D eigenvalue weighted by Gasteiger charge is 2.09. The quantitative estimate of drug-likeness (QED) is 0.539. The predicted molar refractivity (Wildman–Crippen MR) is 103 cm³/mol. The molecule has 0 unspecified atom stereocenters. The number of hydrogen-bond acceptors (Lipinski definition) is 5. The minimum Gasteiger partial charge on any atom is -0.334 e. The molecule has 28 heavy (non-hydrogen) atoms. The third kappa shape index (κ3) is 4.21. The molecule has 4 rings (SSSR count). The number of amides is 2. The van der Waals surface area contributed by atoms with Gasteiger partial charge in [-0.05, 0) is 11.6 Å². The molecule has 0 fully saturated rings. The van der Waals surface area contributed by atoms with E-state index in [1.807, 2.05) is 42.6 Å². The molecule has 0 aliphatic heterocycles. The van der Waals surface area contributed by atoms with Gasteiger partial charge in [-0.15, -0.1) is 0 Å². The molecule has 3 aromatic heterocycles. The maximum atomic E-state index is 12.2. The second kappa shape index (κ2) is 8.12. The van der Waals surface area contributed by atoms with Gasteiger partial charge in [-0.1, -0.05) is 36.4 Å². The Balaban J connectivity index is 1.35. The van der Waals surface area contributed by atoms with Crippen molar-refractivity contribution in [1.82, 2.24) is 34.8 Å². The van der Waals surface area contributed by atoms with Crippen LogP contribution in [0.5, 0.6) is 0 Å². The maximum Gasteiger partial charge on any atom is 0.320 e. The Morgan fingerprint density at radius 3 is 2.79 bits per heavy atom. The molecular weight excluding hydrogens is 356 g/mol. The maximum absolute atomic E-state index is 12.2. The molecule has 9 heteroatoms. The van der Waals surface area contributed by atoms with Crippen LogP contribution in [0.1, 0.15) is 11.1 Å². The summed E-state index contributed by atoms with van der Waals surface area (Å²) in [5.74, 6) is 1.10. The van der Waals surface area contributed by atoms with Crippen molar-refractivity contribution < 1.29 is 4.79 Å². The number of urea groups is 1. The second-order valence-electron chi connectivity index (χ2n) is 6.02. The summed E-state index contributed by atoms with van der Waals surface area (Å²) < 4.78 is 3.33. The van der Waals surface area contributed by atoms with Gasteiger partial charge in [0.25, 0.3) is 0 Å². The van der Waals surface area contributed by atoms with Gasteiger partial charge >= 0.3 is 6.03 Å². The van der Waals surface area contributed by atoms with Gasteiger partial charge in [0.2, 0.25) is 0 Å². The Morgan fingerprint density at radius 1 is 1.07 bits per heavy atom. The Kier molecular flexibility index (Phi) is 5.05. The number of nitrogens with zero attached hydrogens (tertiary/aromatic N) is 6. The molecule has 0 spiro atoms. The lowest BCUT2D eigenvalue weighted by atomic mass is 10.2. The van der Waals surface area contributed by atoms with Gasteiger partial charge in [0.15, 0.2) is 11.6 Å². The van der Waals surface area contributed by atoms with Crippen LogP contribution in [0, 0.1) is 0 Å². The van der Waals surface area contributed by atoms with Crippen LogP contribution in [0.2, 0.25) is 0 Å². The Morgan fingerprint density at radius 2 is 1.96 bits per heavy atom. The van der Waals surface area contributed by atoms with Crippen molar-refractivity contribution in [3.8, 4) is 5.82 Å². The van der Waals surface area contributed by atoms with Crippen LogP contribution < -0.4 is 10.6 Å². The van der Waals surface area contributed by atoms with Crippen molar-refractivity contribution in [2.75, 3.05) is 5.32 Å². The average molecular weight is 374 g/mol. The van der Waals surface area contributed by atoms with Gasteiger partial charge in [-0.3, -0.25) is 10.00 Å². The summed E-state index contributed by atoms with van der Waals surface area (Å²) in [7, 11) is 0. The smallest absolute Gasteiger partial charge is 0.320 e. The topological polar surface area (TPSA) is 103 Å². The van der Waals surface area contributed by atoms with E-state index < -0.39 is 0 Å². The van der Waals surface area contributed by atoms with Crippen molar-refractivity contribution in [2.24, 2.45) is 0 Å². The number of nitrogens with one attached hydrogen (secondary N) is 2. The van der Waals surface area contributed by atoms with Crippen LogP contribution in [-0.4, -0.2) is 35.6 Å². The predicted octanol–water partition coefficient (Wildman–Crippen LogP) is 2.23. The summed E-state index contributed by atoms with van der Waals surface area (Å²) in [6.45, 7) is 0.931. The summed E-state index contributed by atoms with van der Waals surface area (Å²) >= 11 is 0. The van der Waals surface area contributed by atoms with E-state index in [0.717, 1.165) is 11.1 Å². The number of carbonyl (C=O) groups excluding carboxylic acids is 1. The molecule has 0 aliphatic rings. The van der Waals surface area contributed by atoms with E-state index in [-0.39, 0.29) is 6.03 Å². The molecule has 0 atom stereocenters. The third-order valence-electron chi connectivity index (χ3n) is 4.01. The summed E-state index contributed by atoms with van der Waals surface area (Å²) in [5.41, 5.74) is 1.96. The summed E-state index contributed by atoms with van der Waals surface area (Å²) in [6, 6.07) is 15.1. The van der Waals surface area contributed by atoms with E-state index in [0.29, 0.717) is 24.7 Å². The summed E-state index contributed by atoms with van der Waals surface area (Å²) in [6.07, 6.45) is 6.49. The van der Waals surface area contributed by atoms with Crippen LogP contribution in [0.25, 0.3) is 5.82 Å². The largest absolute Gasteiger partial charge is 0.334 e. The Bertz CT molecular complexity index is 1040. The van der Waals surface area contributed by atoms with E-state index >= 15 is 0 Å². The molecule has 1 aromatic carbocycles. The minimum absolute atomic E-state index is 0.291. The molecule has 9 nitrogen and oxygen atoms in total. The molecule has 4 aromatic rings. The van der Waals surface area contributed by atoms with Crippen LogP contribution in [0.15, 0.2) is 73.6 Å². The first-order chi connectivity index (χ1) is 13.8. The molecular formula is C19H18N8O. The monoisotopic (exact) mass is 374 g/mol. The van der Waals surface area contributed by atoms with E-state index in [1.54, 1.807) is 34.0 Å². The standard InChI is InChI=1S/C19H18N8O/c28-19(22-11-16-7-4-9-21-18(16)27-14-20-13-23-27)24-17-8-10-26(25-17)12-15-5-2-1-3-6-15/h1-10,13-14H,11-12H2,(H2,22,24,25,28). The van der Waals surface area contributed by atoms with Crippen LogP contribution in [-0.2, 0) is 13.1 Å². The van der Waals surface area contributed by atoms with E-state index in [2.05, 4.69) is 30.8 Å². The summed E-state index contributed by atoms with van der Waals surface area (Å²) in [4.78, 5) is 20.4. The second-order valence-corrected chi connectivity index (χ2v) is 6.02. The van der Waals surface area contributed by atoms with Gasteiger partial charge in [0.05, 0.1) is 6.54 Å². The zero-order chi connectivity index (χ0) is 19.2. The lowest BCUT2D eigenvalue weighted by molar-refractivity contribution is 0.251. The highest BCUT2D eigenvalue weighted by molar-refractivity contribution is 5.88. The van der Waals surface area contributed by atoms with E-state index in [1.165, 1.54) is 6.33 Å². The van der Waals surface area contributed by atoms with E-state index in [9.17, 15) is 4.79 Å². The fraction of sp³-hybridized carbons (Fsp3) is 0.105. The van der Waals surface area contributed by atoms with Crippen LogP contribution in [0.3, 0.4) is 0 Å². The van der Waals surface area contributed by atoms with Gasteiger partial charge in [0.1, 0.15) is 12.7 Å². The number of aromatic nitrogens is 6. The highest BCUT2D eigenvalue weighted by Crippen LogP contribution is 2.10. The normalized spacial score (nSPS) is 10.6. The minimum atomic E-state index is -0.349. The number of rotatable bonds is 6. The first-order valence-electron chi connectivity index (χ1n) is 8.69. The zero-order valence-corrected chi connectivity index (χ0v) is 14.9. The first kappa shape index (κ1) is 17.4. The molecule has 0 bridgehead atoms. The van der Waals surface area contributed by atoms with Crippen LogP contribution >= 0.6 is 0 Å². The Labute approximate surface area is 161 Å². The molecule has 0 aliphatic carbocycles. The third-order valence-corrected chi connectivity index (χ3v) is 4.01. The van der Waals surface area contributed by atoms with Crippen LogP contribution in [0.4, 0.5) is 10.6 Å². The lowest BCUT2D eigenvalue weighted by Crippen LogP contribution is -2.29. The number of pyridine rings is 1. The number of carbonyl (C=O) groups is 1. The molecule has 2 amide bonds. The average Bonchev–Trinajstić information content (AvgIpc) is 3.40. The van der Waals surface area contributed by atoms with Crippen molar-refractivity contribution in [1.29, 1.82) is 0 Å². The van der Waals surface area contributed by atoms with Crippen molar-refractivity contribution >= 4 is 11.8 Å².